The van der Waals surface area contributed by atoms with Gasteiger partial charge in [-0.15, -0.1) is 0 Å². The van der Waals surface area contributed by atoms with E-state index in [-0.39, 0.29) is 0 Å². The van der Waals surface area contributed by atoms with Gasteiger partial charge in [-0.25, -0.2) is 0 Å². The van der Waals surface area contributed by atoms with E-state index in [1.807, 2.05) is 18.2 Å². The Morgan fingerprint density at radius 2 is 1.94 bits per heavy atom. The first kappa shape index (κ1) is 14.5. The van der Waals surface area contributed by atoms with Crippen LogP contribution < -0.4 is 4.74 Å². The van der Waals surface area contributed by atoms with E-state index < -0.39 is 6.10 Å². The average Bonchev–Trinajstić information content (AvgIpc) is 2.31. The molecule has 3 heteroatoms. The molecule has 0 amide bonds. The topological polar surface area (TPSA) is 29.5 Å². The first-order valence-electron chi connectivity index (χ1n) is 6.18. The highest BCUT2D eigenvalue weighted by Crippen LogP contribution is 2.29. The Labute approximate surface area is 112 Å². The van der Waals surface area contributed by atoms with E-state index in [0.717, 1.165) is 28.6 Å². The first-order chi connectivity index (χ1) is 8.08. The van der Waals surface area contributed by atoms with Gasteiger partial charge >= 0.3 is 0 Å². The number of hydrogen-bond acceptors (Lipinski definition) is 2. The van der Waals surface area contributed by atoms with Gasteiger partial charge in [-0.1, -0.05) is 42.6 Å². The third-order valence-corrected chi connectivity index (χ3v) is 3.54. The van der Waals surface area contributed by atoms with E-state index >= 15 is 0 Å². The number of ether oxygens (including phenoxy) is 1. The van der Waals surface area contributed by atoms with Crippen molar-refractivity contribution in [2.75, 3.05) is 6.61 Å². The standard InChI is InChI=1S/C14H21BrO2/c1-4-11(5-2)9-17-14-7-6-12(15)8-13(14)10(3)16/h6-8,10-11,16H,4-5,9H2,1-3H3/t10-/m0/s1. The summed E-state index contributed by atoms with van der Waals surface area (Å²) in [6.45, 7) is 6.82. The molecule has 0 fully saturated rings. The number of benzene rings is 1. The highest BCUT2D eigenvalue weighted by Gasteiger charge is 2.11. The molecule has 0 saturated heterocycles. The van der Waals surface area contributed by atoms with Gasteiger partial charge in [0.1, 0.15) is 5.75 Å². The second-order valence-corrected chi connectivity index (χ2v) is 5.27. The smallest absolute Gasteiger partial charge is 0.125 e. The van der Waals surface area contributed by atoms with Gasteiger partial charge in [0, 0.05) is 10.0 Å². The molecule has 96 valence electrons. The maximum atomic E-state index is 9.71. The predicted octanol–water partition coefficient (Wildman–Crippen LogP) is 4.32. The van der Waals surface area contributed by atoms with Crippen LogP contribution in [-0.2, 0) is 0 Å². The number of rotatable bonds is 6. The molecule has 0 bridgehead atoms. The quantitative estimate of drug-likeness (QED) is 0.848. The van der Waals surface area contributed by atoms with Gasteiger partial charge in [0.05, 0.1) is 12.7 Å². The third kappa shape index (κ3) is 4.32. The lowest BCUT2D eigenvalue weighted by Crippen LogP contribution is -2.11. The summed E-state index contributed by atoms with van der Waals surface area (Å²) in [6, 6.07) is 5.76. The van der Waals surface area contributed by atoms with Crippen molar-refractivity contribution in [1.82, 2.24) is 0 Å². The summed E-state index contributed by atoms with van der Waals surface area (Å²) < 4.78 is 6.78. The summed E-state index contributed by atoms with van der Waals surface area (Å²) in [5, 5.41) is 9.71. The minimum atomic E-state index is -0.510. The van der Waals surface area contributed by atoms with Gasteiger partial charge in [0.25, 0.3) is 0 Å². The second-order valence-electron chi connectivity index (χ2n) is 4.35. The van der Waals surface area contributed by atoms with E-state index in [2.05, 4.69) is 29.8 Å². The summed E-state index contributed by atoms with van der Waals surface area (Å²) in [7, 11) is 0. The van der Waals surface area contributed by atoms with Crippen LogP contribution in [0.15, 0.2) is 22.7 Å². The van der Waals surface area contributed by atoms with Gasteiger partial charge in [-0.3, -0.25) is 0 Å². The maximum absolute atomic E-state index is 9.71. The molecule has 1 aromatic carbocycles. The SMILES string of the molecule is CCC(CC)COc1ccc(Br)cc1[C@H](C)O. The van der Waals surface area contributed by atoms with Crippen LogP contribution in [0, 0.1) is 5.92 Å². The minimum Gasteiger partial charge on any atom is -0.493 e. The van der Waals surface area contributed by atoms with Gasteiger partial charge in [-0.05, 0) is 31.0 Å². The highest BCUT2D eigenvalue weighted by molar-refractivity contribution is 9.10. The number of hydrogen-bond donors (Lipinski definition) is 1. The van der Waals surface area contributed by atoms with Gasteiger partial charge in [-0.2, -0.15) is 0 Å². The van der Waals surface area contributed by atoms with Crippen molar-refractivity contribution in [2.45, 2.75) is 39.7 Å². The van der Waals surface area contributed by atoms with Crippen LogP contribution in [0.1, 0.15) is 45.3 Å². The predicted molar refractivity (Wildman–Crippen MR) is 74.3 cm³/mol. The largest absolute Gasteiger partial charge is 0.493 e. The number of halogens is 1. The number of aliphatic hydroxyl groups excluding tert-OH is 1. The van der Waals surface area contributed by atoms with Crippen LogP contribution in [0.5, 0.6) is 5.75 Å². The molecule has 1 N–H and O–H groups in total. The molecule has 17 heavy (non-hydrogen) atoms. The zero-order valence-corrected chi connectivity index (χ0v) is 12.3. The van der Waals surface area contributed by atoms with Crippen LogP contribution in [0.2, 0.25) is 0 Å². The minimum absolute atomic E-state index is 0.510. The number of aliphatic hydroxyl groups is 1. The molecule has 0 aliphatic carbocycles. The fraction of sp³-hybridized carbons (Fsp3) is 0.571. The summed E-state index contributed by atoms with van der Waals surface area (Å²) in [5.74, 6) is 1.37. The van der Waals surface area contributed by atoms with Crippen molar-refractivity contribution >= 4 is 15.9 Å². The Hall–Kier alpha value is -0.540. The fourth-order valence-corrected chi connectivity index (χ4v) is 2.09. The molecule has 1 aromatic rings. The molecular formula is C14H21BrO2. The summed E-state index contributed by atoms with van der Waals surface area (Å²) in [5.41, 5.74) is 0.838. The lowest BCUT2D eigenvalue weighted by Gasteiger charge is -2.17. The Morgan fingerprint density at radius 1 is 1.29 bits per heavy atom. The maximum Gasteiger partial charge on any atom is 0.125 e. The molecule has 0 aromatic heterocycles. The van der Waals surface area contributed by atoms with Gasteiger partial charge in [0.2, 0.25) is 0 Å². The normalized spacial score (nSPS) is 12.8. The monoisotopic (exact) mass is 300 g/mol. The molecule has 0 aliphatic heterocycles. The van der Waals surface area contributed by atoms with Crippen LogP contribution in [0.3, 0.4) is 0 Å². The average molecular weight is 301 g/mol. The van der Waals surface area contributed by atoms with Crippen LogP contribution in [-0.4, -0.2) is 11.7 Å². The van der Waals surface area contributed by atoms with E-state index in [4.69, 9.17) is 4.74 Å². The van der Waals surface area contributed by atoms with E-state index in [1.165, 1.54) is 0 Å². The van der Waals surface area contributed by atoms with Crippen LogP contribution in [0.25, 0.3) is 0 Å². The Morgan fingerprint density at radius 3 is 2.47 bits per heavy atom. The Kier molecular flexibility index (Phi) is 6.00. The van der Waals surface area contributed by atoms with E-state index in [9.17, 15) is 5.11 Å². The lowest BCUT2D eigenvalue weighted by molar-refractivity contribution is 0.184. The van der Waals surface area contributed by atoms with Crippen molar-refractivity contribution in [2.24, 2.45) is 5.92 Å². The van der Waals surface area contributed by atoms with Crippen molar-refractivity contribution < 1.29 is 9.84 Å². The highest BCUT2D eigenvalue weighted by atomic mass is 79.9. The lowest BCUT2D eigenvalue weighted by atomic mass is 10.1. The fourth-order valence-electron chi connectivity index (χ4n) is 1.71. The zero-order valence-electron chi connectivity index (χ0n) is 10.7. The second kappa shape index (κ2) is 7.02. The van der Waals surface area contributed by atoms with E-state index in [0.29, 0.717) is 12.5 Å². The molecule has 0 aliphatic rings. The first-order valence-corrected chi connectivity index (χ1v) is 6.98. The molecule has 0 unspecified atom stereocenters. The summed E-state index contributed by atoms with van der Waals surface area (Å²) >= 11 is 3.41. The zero-order chi connectivity index (χ0) is 12.8. The van der Waals surface area contributed by atoms with Crippen molar-refractivity contribution in [3.8, 4) is 5.75 Å². The summed E-state index contributed by atoms with van der Waals surface area (Å²) in [6.07, 6.45) is 1.73. The molecule has 2 nitrogen and oxygen atoms in total. The molecule has 0 spiro atoms. The van der Waals surface area contributed by atoms with E-state index in [1.54, 1.807) is 6.92 Å². The van der Waals surface area contributed by atoms with Crippen LogP contribution in [0.4, 0.5) is 0 Å². The molecule has 0 radical (unpaired) electrons. The molecule has 0 heterocycles. The Bertz CT molecular complexity index is 346. The molecule has 1 rings (SSSR count). The molecular weight excluding hydrogens is 280 g/mol. The third-order valence-electron chi connectivity index (χ3n) is 3.05. The molecule has 1 atom stereocenters. The molecule has 0 saturated carbocycles. The van der Waals surface area contributed by atoms with Crippen molar-refractivity contribution in [3.05, 3.63) is 28.2 Å². The van der Waals surface area contributed by atoms with Gasteiger partial charge < -0.3 is 9.84 Å². The van der Waals surface area contributed by atoms with Crippen LogP contribution >= 0.6 is 15.9 Å². The van der Waals surface area contributed by atoms with Crippen molar-refractivity contribution in [1.29, 1.82) is 0 Å². The summed E-state index contributed by atoms with van der Waals surface area (Å²) in [4.78, 5) is 0. The van der Waals surface area contributed by atoms with Gasteiger partial charge in [0.15, 0.2) is 0 Å². The Balaban J connectivity index is 2.76. The van der Waals surface area contributed by atoms with Crippen molar-refractivity contribution in [3.63, 3.8) is 0 Å².